The summed E-state index contributed by atoms with van der Waals surface area (Å²) in [4.78, 5) is 19.3. The lowest BCUT2D eigenvalue weighted by Crippen LogP contribution is -2.44. The molecule has 7 nitrogen and oxygen atoms in total. The first-order valence-electron chi connectivity index (χ1n) is 8.03. The normalized spacial score (nSPS) is 14.7. The zero-order valence-electron chi connectivity index (χ0n) is 13.7. The molecule has 0 spiro atoms. The monoisotopic (exact) mass is 340 g/mol. The maximum atomic E-state index is 14.2. The molecule has 128 valence electrons. The van der Waals surface area contributed by atoms with Gasteiger partial charge in [-0.3, -0.25) is 9.97 Å². The van der Waals surface area contributed by atoms with Gasteiger partial charge in [-0.2, -0.15) is 0 Å². The second kappa shape index (κ2) is 6.56. The Labute approximate surface area is 143 Å². The van der Waals surface area contributed by atoms with Crippen LogP contribution in [-0.2, 0) is 0 Å². The third-order valence-electron chi connectivity index (χ3n) is 4.20. The van der Waals surface area contributed by atoms with Gasteiger partial charge in [-0.1, -0.05) is 0 Å². The molecule has 3 aromatic heterocycles. The first-order chi connectivity index (χ1) is 12.3. The number of hydrogen-bond donors (Lipinski definition) is 1. The number of nitrogens with zero attached hydrogens (tertiary/aromatic N) is 5. The molecule has 1 N–H and O–H groups in total. The molecule has 0 radical (unpaired) electrons. The van der Waals surface area contributed by atoms with Gasteiger partial charge in [-0.05, 0) is 6.07 Å². The van der Waals surface area contributed by atoms with E-state index in [2.05, 4.69) is 30.2 Å². The van der Waals surface area contributed by atoms with E-state index < -0.39 is 5.82 Å². The van der Waals surface area contributed by atoms with Crippen LogP contribution >= 0.6 is 0 Å². The van der Waals surface area contributed by atoms with Crippen molar-refractivity contribution in [2.24, 2.45) is 0 Å². The molecule has 25 heavy (non-hydrogen) atoms. The second-order valence-electron chi connectivity index (χ2n) is 5.70. The molecule has 8 heteroatoms. The van der Waals surface area contributed by atoms with Crippen molar-refractivity contribution < 1.29 is 9.13 Å². The second-order valence-corrected chi connectivity index (χ2v) is 5.70. The van der Waals surface area contributed by atoms with Crippen molar-refractivity contribution in [1.82, 2.24) is 25.3 Å². The predicted octanol–water partition coefficient (Wildman–Crippen LogP) is 1.64. The number of anilines is 1. The molecule has 1 aliphatic heterocycles. The molecule has 0 amide bonds. The molecular formula is C17H17FN6O. The summed E-state index contributed by atoms with van der Waals surface area (Å²) in [6.45, 7) is 3.32. The van der Waals surface area contributed by atoms with E-state index in [9.17, 15) is 4.39 Å². The minimum absolute atomic E-state index is 0.316. The van der Waals surface area contributed by atoms with Gasteiger partial charge < -0.3 is 15.0 Å². The summed E-state index contributed by atoms with van der Waals surface area (Å²) in [6, 6.07) is 1.58. The Morgan fingerprint density at radius 2 is 1.96 bits per heavy atom. The van der Waals surface area contributed by atoms with Gasteiger partial charge >= 0.3 is 0 Å². The van der Waals surface area contributed by atoms with Crippen LogP contribution in [0.1, 0.15) is 0 Å². The fourth-order valence-electron chi connectivity index (χ4n) is 2.97. The minimum Gasteiger partial charge on any atom is -0.494 e. The highest BCUT2D eigenvalue weighted by Gasteiger charge is 2.21. The van der Waals surface area contributed by atoms with E-state index in [-0.39, 0.29) is 0 Å². The maximum Gasteiger partial charge on any atom is 0.165 e. The lowest BCUT2D eigenvalue weighted by Gasteiger charge is -2.29. The molecule has 0 saturated carbocycles. The number of ether oxygens (including phenoxy) is 1. The Bertz CT molecular complexity index is 913. The van der Waals surface area contributed by atoms with Gasteiger partial charge in [-0.25, -0.2) is 14.4 Å². The first kappa shape index (κ1) is 15.6. The minimum atomic E-state index is -0.455. The van der Waals surface area contributed by atoms with Crippen molar-refractivity contribution in [2.45, 2.75) is 0 Å². The summed E-state index contributed by atoms with van der Waals surface area (Å²) in [7, 11) is 1.59. The van der Waals surface area contributed by atoms with E-state index in [1.54, 1.807) is 25.6 Å². The molecular weight excluding hydrogens is 323 g/mol. The lowest BCUT2D eigenvalue weighted by atomic mass is 10.2. The third kappa shape index (κ3) is 2.85. The van der Waals surface area contributed by atoms with Crippen LogP contribution in [0.2, 0.25) is 0 Å². The van der Waals surface area contributed by atoms with Crippen LogP contribution in [0.5, 0.6) is 5.75 Å². The topological polar surface area (TPSA) is 76.1 Å². The highest BCUT2D eigenvalue weighted by molar-refractivity contribution is 5.95. The number of nitrogens with one attached hydrogen (secondary N) is 1. The summed E-state index contributed by atoms with van der Waals surface area (Å²) in [5, 5.41) is 4.11. The number of fused-ring (bicyclic) bond motifs is 1. The van der Waals surface area contributed by atoms with Crippen LogP contribution < -0.4 is 15.0 Å². The van der Waals surface area contributed by atoms with E-state index in [4.69, 9.17) is 4.74 Å². The molecule has 1 saturated heterocycles. The molecule has 0 unspecified atom stereocenters. The van der Waals surface area contributed by atoms with Crippen LogP contribution in [-0.4, -0.2) is 53.2 Å². The smallest absolute Gasteiger partial charge is 0.165 e. The van der Waals surface area contributed by atoms with E-state index >= 15 is 0 Å². The fraction of sp³-hybridized carbons (Fsp3) is 0.294. The Balaban J connectivity index is 1.96. The highest BCUT2D eigenvalue weighted by atomic mass is 19.1. The number of aromatic nitrogens is 4. The Hall–Kier alpha value is -2.87. The quantitative estimate of drug-likeness (QED) is 0.777. The number of rotatable bonds is 3. The van der Waals surface area contributed by atoms with Crippen molar-refractivity contribution in [3.8, 4) is 17.1 Å². The molecule has 1 fully saturated rings. The van der Waals surface area contributed by atoms with E-state index in [1.807, 2.05) is 0 Å². The third-order valence-corrected chi connectivity index (χ3v) is 4.20. The molecule has 0 bridgehead atoms. The van der Waals surface area contributed by atoms with E-state index in [0.29, 0.717) is 22.7 Å². The molecule has 1 aliphatic rings. The zero-order valence-corrected chi connectivity index (χ0v) is 13.7. The largest absolute Gasteiger partial charge is 0.494 e. The van der Waals surface area contributed by atoms with Crippen LogP contribution in [0.15, 0.2) is 30.9 Å². The van der Waals surface area contributed by atoms with Gasteiger partial charge in [0.1, 0.15) is 11.6 Å². The van der Waals surface area contributed by atoms with Gasteiger partial charge in [-0.15, -0.1) is 0 Å². The number of hydrogen-bond acceptors (Lipinski definition) is 7. The first-order valence-corrected chi connectivity index (χ1v) is 8.03. The van der Waals surface area contributed by atoms with E-state index in [1.165, 1.54) is 6.20 Å². The molecule has 3 aromatic rings. The van der Waals surface area contributed by atoms with Gasteiger partial charge in [0.15, 0.2) is 11.6 Å². The molecule has 0 aliphatic carbocycles. The zero-order chi connectivity index (χ0) is 17.2. The summed E-state index contributed by atoms with van der Waals surface area (Å²) >= 11 is 0. The van der Waals surface area contributed by atoms with Crippen molar-refractivity contribution in [1.29, 1.82) is 0 Å². The predicted molar refractivity (Wildman–Crippen MR) is 92.2 cm³/mol. The van der Waals surface area contributed by atoms with E-state index in [0.717, 1.165) is 43.6 Å². The van der Waals surface area contributed by atoms with Crippen molar-refractivity contribution in [2.75, 3.05) is 38.2 Å². The van der Waals surface area contributed by atoms with Gasteiger partial charge in [0.2, 0.25) is 0 Å². The van der Waals surface area contributed by atoms with Crippen LogP contribution in [0.4, 0.5) is 10.2 Å². The number of pyridine rings is 2. The Morgan fingerprint density at radius 3 is 2.72 bits per heavy atom. The van der Waals surface area contributed by atoms with Gasteiger partial charge in [0.25, 0.3) is 0 Å². The summed E-state index contributed by atoms with van der Waals surface area (Å²) in [6.07, 6.45) is 5.98. The van der Waals surface area contributed by atoms with Crippen molar-refractivity contribution in [3.63, 3.8) is 0 Å². The van der Waals surface area contributed by atoms with Gasteiger partial charge in [0, 0.05) is 32.4 Å². The average Bonchev–Trinajstić information content (AvgIpc) is 2.67. The fourth-order valence-corrected chi connectivity index (χ4v) is 2.97. The Kier molecular flexibility index (Phi) is 4.10. The summed E-state index contributed by atoms with van der Waals surface area (Å²) in [5.41, 5.74) is 0.935. The molecule has 4 rings (SSSR count). The SMILES string of the molecule is COc1cncc2nc(-c3ccncc3F)nc(N3CCNCC3)c12. The van der Waals surface area contributed by atoms with Crippen molar-refractivity contribution >= 4 is 16.7 Å². The van der Waals surface area contributed by atoms with Crippen LogP contribution in [0.25, 0.3) is 22.3 Å². The summed E-state index contributed by atoms with van der Waals surface area (Å²) < 4.78 is 19.6. The maximum absolute atomic E-state index is 14.2. The number of halogens is 1. The molecule has 0 aromatic carbocycles. The van der Waals surface area contributed by atoms with Crippen LogP contribution in [0, 0.1) is 5.82 Å². The Morgan fingerprint density at radius 1 is 1.12 bits per heavy atom. The molecule has 0 atom stereocenters. The summed E-state index contributed by atoms with van der Waals surface area (Å²) in [5.74, 6) is 1.20. The molecule has 4 heterocycles. The average molecular weight is 340 g/mol. The number of piperazine rings is 1. The standard InChI is InChI=1S/C17H17FN6O/c1-25-14-10-21-9-13-15(14)17(24-6-4-19-5-7-24)23-16(22-13)11-2-3-20-8-12(11)18/h2-3,8-10,19H,4-7H2,1H3. The highest BCUT2D eigenvalue weighted by Crippen LogP contribution is 2.34. The van der Waals surface area contributed by atoms with Gasteiger partial charge in [0.05, 0.1) is 42.2 Å². The van der Waals surface area contributed by atoms with Crippen molar-refractivity contribution in [3.05, 3.63) is 36.7 Å². The van der Waals surface area contributed by atoms with Crippen LogP contribution in [0.3, 0.4) is 0 Å². The number of methoxy groups -OCH3 is 1. The lowest BCUT2D eigenvalue weighted by molar-refractivity contribution is 0.418.